The van der Waals surface area contributed by atoms with E-state index < -0.39 is 5.91 Å². The second kappa shape index (κ2) is 10.8. The van der Waals surface area contributed by atoms with Crippen molar-refractivity contribution in [1.29, 1.82) is 0 Å². The second-order valence-corrected chi connectivity index (χ2v) is 11.4. The Morgan fingerprint density at radius 2 is 1.97 bits per heavy atom. The minimum absolute atomic E-state index is 0.0405. The molecule has 2 aromatic heterocycles. The SMILES string of the molecule is CCC(C)CC[C@@H]1CCCN(C(=O)c2cc(OC)c3c(c2)nc(-c2ccc(C(N)=O)n2CC2CC2)n3C)C1. The molecule has 2 atom stereocenters. The van der Waals surface area contributed by atoms with E-state index in [0.29, 0.717) is 34.4 Å². The molecule has 1 saturated carbocycles. The number of amides is 2. The van der Waals surface area contributed by atoms with Crippen LogP contribution in [0.3, 0.4) is 0 Å². The number of carbonyl (C=O) groups excluding carboxylic acids is 2. The minimum atomic E-state index is -0.440. The molecular formula is C30H41N5O3. The number of piperidine rings is 1. The summed E-state index contributed by atoms with van der Waals surface area (Å²) in [5, 5.41) is 0. The van der Waals surface area contributed by atoms with Crippen molar-refractivity contribution in [3.8, 4) is 17.3 Å². The molecule has 0 spiro atoms. The molecule has 8 heteroatoms. The van der Waals surface area contributed by atoms with Gasteiger partial charge in [-0.05, 0) is 74.1 Å². The number of hydrogen-bond donors (Lipinski definition) is 1. The van der Waals surface area contributed by atoms with Crippen LogP contribution in [-0.2, 0) is 13.6 Å². The highest BCUT2D eigenvalue weighted by atomic mass is 16.5. The van der Waals surface area contributed by atoms with E-state index in [0.717, 1.165) is 61.8 Å². The standard InChI is InChI=1S/C30H41N5O3/c1-5-19(2)8-9-20-7-6-14-34(17-20)30(37)22-15-23-27(26(16-22)38-4)33(3)29(32-23)25-13-12-24(28(31)36)35(25)18-21-10-11-21/h12-13,15-16,19-21H,5-11,14,17-18H2,1-4H3,(H2,31,36)/t19?,20-/m0/s1. The Bertz CT molecular complexity index is 1340. The van der Waals surface area contributed by atoms with E-state index in [1.54, 1.807) is 13.2 Å². The van der Waals surface area contributed by atoms with Gasteiger partial charge < -0.3 is 24.5 Å². The number of aryl methyl sites for hydroxylation is 1. The topological polar surface area (TPSA) is 95.4 Å². The molecule has 1 saturated heterocycles. The fraction of sp³-hybridized carbons (Fsp3) is 0.567. The van der Waals surface area contributed by atoms with Crippen LogP contribution in [0.5, 0.6) is 5.75 Å². The fourth-order valence-corrected chi connectivity index (χ4v) is 5.84. The Balaban J connectivity index is 1.46. The summed E-state index contributed by atoms with van der Waals surface area (Å²) >= 11 is 0. The third-order valence-corrected chi connectivity index (χ3v) is 8.57. The largest absolute Gasteiger partial charge is 0.494 e. The van der Waals surface area contributed by atoms with Crippen LogP contribution in [0.25, 0.3) is 22.6 Å². The van der Waals surface area contributed by atoms with Gasteiger partial charge in [-0.3, -0.25) is 9.59 Å². The summed E-state index contributed by atoms with van der Waals surface area (Å²) in [5.74, 6) is 2.80. The Hall–Kier alpha value is -3.29. The average molecular weight is 520 g/mol. The van der Waals surface area contributed by atoms with E-state index in [4.69, 9.17) is 15.5 Å². The van der Waals surface area contributed by atoms with Gasteiger partial charge in [0, 0.05) is 32.2 Å². The Morgan fingerprint density at radius 1 is 1.18 bits per heavy atom. The zero-order valence-electron chi connectivity index (χ0n) is 23.2. The van der Waals surface area contributed by atoms with E-state index in [-0.39, 0.29) is 5.91 Å². The summed E-state index contributed by atoms with van der Waals surface area (Å²) in [5.41, 5.74) is 9.16. The second-order valence-electron chi connectivity index (χ2n) is 11.4. The van der Waals surface area contributed by atoms with Crippen molar-refractivity contribution in [3.63, 3.8) is 0 Å². The third kappa shape index (κ3) is 5.18. The van der Waals surface area contributed by atoms with Gasteiger partial charge in [0.2, 0.25) is 0 Å². The smallest absolute Gasteiger partial charge is 0.265 e. The van der Waals surface area contributed by atoms with Crippen LogP contribution in [0.1, 0.15) is 79.6 Å². The van der Waals surface area contributed by atoms with E-state index in [1.165, 1.54) is 25.7 Å². The Labute approximate surface area is 225 Å². The number of imidazole rings is 1. The zero-order chi connectivity index (χ0) is 27.0. The lowest BCUT2D eigenvalue weighted by atomic mass is 9.89. The molecule has 2 amide bonds. The van der Waals surface area contributed by atoms with Gasteiger partial charge in [-0.2, -0.15) is 0 Å². The van der Waals surface area contributed by atoms with E-state index in [2.05, 4.69) is 13.8 Å². The normalized spacial score (nSPS) is 18.6. The van der Waals surface area contributed by atoms with Crippen molar-refractivity contribution in [2.24, 2.45) is 30.5 Å². The van der Waals surface area contributed by atoms with Crippen molar-refractivity contribution in [2.75, 3.05) is 20.2 Å². The van der Waals surface area contributed by atoms with Gasteiger partial charge in [-0.15, -0.1) is 0 Å². The van der Waals surface area contributed by atoms with Crippen molar-refractivity contribution < 1.29 is 14.3 Å². The van der Waals surface area contributed by atoms with Gasteiger partial charge in [0.05, 0.1) is 18.3 Å². The van der Waals surface area contributed by atoms with Gasteiger partial charge in [-0.1, -0.05) is 26.7 Å². The average Bonchev–Trinajstić information content (AvgIpc) is 3.55. The number of carbonyl (C=O) groups is 2. The molecule has 8 nitrogen and oxygen atoms in total. The number of ether oxygens (including phenoxy) is 1. The quantitative estimate of drug-likeness (QED) is 0.396. The van der Waals surface area contributed by atoms with Crippen LogP contribution in [0.4, 0.5) is 0 Å². The summed E-state index contributed by atoms with van der Waals surface area (Å²) in [6, 6.07) is 7.42. The predicted molar refractivity (Wildman–Crippen MR) is 149 cm³/mol. The highest BCUT2D eigenvalue weighted by Crippen LogP contribution is 2.36. The van der Waals surface area contributed by atoms with Gasteiger partial charge in [0.15, 0.2) is 5.82 Å². The highest BCUT2D eigenvalue weighted by molar-refractivity contribution is 6.00. The molecule has 3 heterocycles. The molecule has 2 aliphatic rings. The van der Waals surface area contributed by atoms with Gasteiger partial charge >= 0.3 is 0 Å². The van der Waals surface area contributed by atoms with Crippen molar-refractivity contribution >= 4 is 22.8 Å². The molecule has 1 aliphatic heterocycles. The van der Waals surface area contributed by atoms with Crippen molar-refractivity contribution in [2.45, 2.75) is 65.3 Å². The first kappa shape index (κ1) is 26.3. The fourth-order valence-electron chi connectivity index (χ4n) is 5.84. The van der Waals surface area contributed by atoms with Gasteiger partial charge in [0.1, 0.15) is 17.0 Å². The van der Waals surface area contributed by atoms with Crippen LogP contribution in [-0.4, -0.2) is 51.0 Å². The lowest BCUT2D eigenvalue weighted by Gasteiger charge is -2.33. The maximum atomic E-state index is 13.7. The molecule has 0 radical (unpaired) electrons. The Morgan fingerprint density at radius 3 is 2.66 bits per heavy atom. The first-order valence-electron chi connectivity index (χ1n) is 14.1. The van der Waals surface area contributed by atoms with Crippen LogP contribution in [0, 0.1) is 17.8 Å². The summed E-state index contributed by atoms with van der Waals surface area (Å²) < 4.78 is 9.75. The number of likely N-dealkylation sites (tertiary alicyclic amines) is 1. The van der Waals surface area contributed by atoms with Crippen LogP contribution in [0.2, 0.25) is 0 Å². The minimum Gasteiger partial charge on any atom is -0.494 e. The highest BCUT2D eigenvalue weighted by Gasteiger charge is 2.29. The van der Waals surface area contributed by atoms with E-state index >= 15 is 0 Å². The number of hydrogen-bond acceptors (Lipinski definition) is 4. The molecule has 204 valence electrons. The number of methoxy groups -OCH3 is 1. The van der Waals surface area contributed by atoms with E-state index in [9.17, 15) is 9.59 Å². The molecule has 2 fully saturated rings. The van der Waals surface area contributed by atoms with Gasteiger partial charge in [0.25, 0.3) is 11.8 Å². The number of primary amides is 1. The molecule has 1 unspecified atom stereocenters. The number of benzene rings is 1. The lowest BCUT2D eigenvalue weighted by molar-refractivity contribution is 0.0663. The number of nitrogens with two attached hydrogens (primary N) is 1. The molecule has 5 rings (SSSR count). The number of rotatable bonds is 10. The summed E-state index contributed by atoms with van der Waals surface area (Å²) in [4.78, 5) is 32.7. The van der Waals surface area contributed by atoms with E-state index in [1.807, 2.05) is 39.3 Å². The number of aromatic nitrogens is 3. The van der Waals surface area contributed by atoms with Crippen molar-refractivity contribution in [3.05, 3.63) is 35.5 Å². The first-order valence-corrected chi connectivity index (χ1v) is 14.1. The summed E-state index contributed by atoms with van der Waals surface area (Å²) in [7, 11) is 3.57. The molecule has 3 aromatic rings. The molecule has 0 bridgehead atoms. The molecule has 1 aromatic carbocycles. The summed E-state index contributed by atoms with van der Waals surface area (Å²) in [6.45, 7) is 6.91. The van der Waals surface area contributed by atoms with Crippen LogP contribution < -0.4 is 10.5 Å². The lowest BCUT2D eigenvalue weighted by Crippen LogP contribution is -2.40. The van der Waals surface area contributed by atoms with Gasteiger partial charge in [-0.25, -0.2) is 4.98 Å². The maximum absolute atomic E-state index is 13.7. The van der Waals surface area contributed by atoms with Crippen LogP contribution >= 0.6 is 0 Å². The number of fused-ring (bicyclic) bond motifs is 1. The molecule has 2 N–H and O–H groups in total. The monoisotopic (exact) mass is 519 g/mol. The Kier molecular flexibility index (Phi) is 7.50. The molecular weight excluding hydrogens is 478 g/mol. The maximum Gasteiger partial charge on any atom is 0.265 e. The molecule has 38 heavy (non-hydrogen) atoms. The third-order valence-electron chi connectivity index (χ3n) is 8.57. The first-order chi connectivity index (χ1) is 18.3. The van der Waals surface area contributed by atoms with Crippen LogP contribution in [0.15, 0.2) is 24.3 Å². The summed E-state index contributed by atoms with van der Waals surface area (Å²) in [6.07, 6.45) is 8.16. The predicted octanol–water partition coefficient (Wildman–Crippen LogP) is 5.24. The zero-order valence-corrected chi connectivity index (χ0v) is 23.2. The molecule has 1 aliphatic carbocycles. The van der Waals surface area contributed by atoms with Crippen molar-refractivity contribution in [1.82, 2.24) is 19.0 Å². The number of nitrogens with zero attached hydrogens (tertiary/aromatic N) is 4.